The molecule has 10 heteroatoms. The normalized spacial score (nSPS) is 13.0. The van der Waals surface area contributed by atoms with Crippen molar-refractivity contribution in [2.75, 3.05) is 6.54 Å². The minimum Gasteiger partial charge on any atom is -0.480 e. The van der Waals surface area contributed by atoms with Crippen LogP contribution >= 0.6 is 0 Å². The van der Waals surface area contributed by atoms with Crippen LogP contribution in [0.4, 0.5) is 4.79 Å². The average Bonchev–Trinajstić information content (AvgIpc) is 2.71. The van der Waals surface area contributed by atoms with Gasteiger partial charge in [0.1, 0.15) is 17.7 Å². The summed E-state index contributed by atoms with van der Waals surface area (Å²) in [7, 11) is 0. The van der Waals surface area contributed by atoms with Crippen LogP contribution in [0.25, 0.3) is 0 Å². The van der Waals surface area contributed by atoms with E-state index in [4.69, 9.17) is 9.57 Å². The Morgan fingerprint density at radius 3 is 2.21 bits per heavy atom. The summed E-state index contributed by atoms with van der Waals surface area (Å²) in [5.41, 5.74) is 2.16. The molecule has 0 aliphatic carbocycles. The lowest BCUT2D eigenvalue weighted by molar-refractivity contribution is -0.139. The molecule has 33 heavy (non-hydrogen) atoms. The molecule has 2 amide bonds. The largest absolute Gasteiger partial charge is 0.480 e. The van der Waals surface area contributed by atoms with E-state index in [-0.39, 0.29) is 18.2 Å². The Morgan fingerprint density at radius 1 is 1.03 bits per heavy atom. The molecule has 1 aromatic carbocycles. The monoisotopic (exact) mass is 465 g/mol. The van der Waals surface area contributed by atoms with E-state index in [0.717, 1.165) is 0 Å². The van der Waals surface area contributed by atoms with Crippen LogP contribution in [0.3, 0.4) is 0 Å². The van der Waals surface area contributed by atoms with Gasteiger partial charge in [-0.3, -0.25) is 4.79 Å². The first-order chi connectivity index (χ1) is 15.4. The van der Waals surface area contributed by atoms with Crippen LogP contribution in [-0.2, 0) is 19.2 Å². The summed E-state index contributed by atoms with van der Waals surface area (Å²) >= 11 is 0. The highest BCUT2D eigenvalue weighted by Gasteiger charge is 2.25. The molecule has 0 aliphatic rings. The molecule has 10 nitrogen and oxygen atoms in total. The van der Waals surface area contributed by atoms with Gasteiger partial charge in [-0.05, 0) is 58.1 Å². The van der Waals surface area contributed by atoms with Crippen molar-refractivity contribution in [1.29, 1.82) is 0 Å². The van der Waals surface area contributed by atoms with E-state index in [1.165, 1.54) is 0 Å². The molecular formula is C23H35N3O7. The van der Waals surface area contributed by atoms with Crippen LogP contribution in [0, 0.1) is 5.92 Å². The van der Waals surface area contributed by atoms with Gasteiger partial charge in [0.15, 0.2) is 0 Å². The van der Waals surface area contributed by atoms with Crippen LogP contribution in [0.2, 0.25) is 0 Å². The number of alkyl carbamates (subject to hydrolysis) is 1. The maximum absolute atomic E-state index is 12.5. The fourth-order valence-electron chi connectivity index (χ4n) is 2.74. The maximum Gasteiger partial charge on any atom is 0.408 e. The first-order valence-electron chi connectivity index (χ1n) is 10.9. The summed E-state index contributed by atoms with van der Waals surface area (Å²) in [4.78, 5) is 52.8. The number of unbranched alkanes of at least 4 members (excludes halogenated alkanes) is 1. The number of hydrogen-bond acceptors (Lipinski definition) is 7. The number of carbonyl (C=O) groups excluding carboxylic acids is 3. The zero-order valence-electron chi connectivity index (χ0n) is 19.8. The lowest BCUT2D eigenvalue weighted by Gasteiger charge is -2.22. The molecule has 0 radical (unpaired) electrons. The van der Waals surface area contributed by atoms with Crippen molar-refractivity contribution in [2.45, 2.75) is 71.6 Å². The van der Waals surface area contributed by atoms with Gasteiger partial charge < -0.3 is 25.3 Å². The Balaban J connectivity index is 2.42. The average molecular weight is 466 g/mol. The minimum absolute atomic E-state index is 0.150. The summed E-state index contributed by atoms with van der Waals surface area (Å²) in [5.74, 6) is -2.24. The van der Waals surface area contributed by atoms with Crippen LogP contribution < -0.4 is 16.1 Å². The summed E-state index contributed by atoms with van der Waals surface area (Å²) < 4.78 is 5.08. The van der Waals surface area contributed by atoms with Crippen molar-refractivity contribution in [3.8, 4) is 0 Å². The second-order valence-corrected chi connectivity index (χ2v) is 8.92. The first-order valence-corrected chi connectivity index (χ1v) is 10.9. The fraction of sp³-hybridized carbons (Fsp3) is 0.565. The quantitative estimate of drug-likeness (QED) is 0.272. The minimum atomic E-state index is -1.16. The Bertz CT molecular complexity index is 791. The van der Waals surface area contributed by atoms with E-state index in [1.54, 1.807) is 51.1 Å². The Morgan fingerprint density at radius 2 is 1.67 bits per heavy atom. The van der Waals surface area contributed by atoms with Gasteiger partial charge in [0, 0.05) is 6.54 Å². The van der Waals surface area contributed by atoms with Crippen LogP contribution in [-0.4, -0.2) is 53.3 Å². The van der Waals surface area contributed by atoms with Crippen LogP contribution in [0.1, 0.15) is 64.2 Å². The zero-order valence-corrected chi connectivity index (χ0v) is 19.8. The number of carbonyl (C=O) groups is 4. The number of amides is 2. The van der Waals surface area contributed by atoms with Gasteiger partial charge in [-0.25, -0.2) is 14.4 Å². The standard InChI is InChI=1S/C23H35N3O7/c1-15(2)18(26-33-21(30)16-11-7-6-8-12-16)19(27)24-14-10-9-13-17(20(28)29)25-22(31)32-23(3,4)5/h6-8,11-12,15,17-18,26H,9-10,13-14H2,1-5H3,(H,24,27)(H,25,31)(H,28,29)/t17-,18-/m0/s1. The number of rotatable bonds is 12. The Kier molecular flexibility index (Phi) is 11.3. The van der Waals surface area contributed by atoms with Crippen molar-refractivity contribution in [1.82, 2.24) is 16.1 Å². The summed E-state index contributed by atoms with van der Waals surface area (Å²) in [6.07, 6.45) is 0.347. The lowest BCUT2D eigenvalue weighted by atomic mass is 10.0. The molecule has 0 saturated carbocycles. The summed E-state index contributed by atoms with van der Waals surface area (Å²) in [6, 6.07) is 6.58. The highest BCUT2D eigenvalue weighted by molar-refractivity contribution is 5.89. The van der Waals surface area contributed by atoms with E-state index in [2.05, 4.69) is 16.1 Å². The molecule has 0 fully saturated rings. The lowest BCUT2D eigenvalue weighted by Crippen LogP contribution is -2.48. The molecule has 1 aromatic rings. The number of nitrogens with one attached hydrogen (secondary N) is 3. The molecule has 0 saturated heterocycles. The molecule has 2 atom stereocenters. The molecular weight excluding hydrogens is 430 g/mol. The second-order valence-electron chi connectivity index (χ2n) is 8.92. The number of carboxylic acid groups (broad SMARTS) is 1. The number of hydroxylamine groups is 1. The maximum atomic E-state index is 12.5. The summed E-state index contributed by atoms with van der Waals surface area (Å²) in [6.45, 7) is 8.99. The third kappa shape index (κ3) is 11.3. The molecule has 184 valence electrons. The number of hydrogen-bond donors (Lipinski definition) is 4. The molecule has 0 aliphatic heterocycles. The molecule has 0 bridgehead atoms. The predicted octanol–water partition coefficient (Wildman–Crippen LogP) is 2.64. The topological polar surface area (TPSA) is 143 Å². The number of aliphatic carboxylic acids is 1. The van der Waals surface area contributed by atoms with E-state index in [1.807, 2.05) is 13.8 Å². The third-order valence-electron chi connectivity index (χ3n) is 4.45. The van der Waals surface area contributed by atoms with Gasteiger partial charge >= 0.3 is 18.0 Å². The van der Waals surface area contributed by atoms with Crippen LogP contribution in [0.15, 0.2) is 30.3 Å². The first kappa shape index (κ1) is 27.9. The fourth-order valence-corrected chi connectivity index (χ4v) is 2.74. The number of carboxylic acids is 1. The predicted molar refractivity (Wildman–Crippen MR) is 121 cm³/mol. The highest BCUT2D eigenvalue weighted by atomic mass is 16.7. The van der Waals surface area contributed by atoms with Crippen molar-refractivity contribution in [2.24, 2.45) is 5.92 Å². The molecule has 0 unspecified atom stereocenters. The number of benzene rings is 1. The van der Waals surface area contributed by atoms with Crippen molar-refractivity contribution < 1.29 is 33.9 Å². The van der Waals surface area contributed by atoms with E-state index >= 15 is 0 Å². The Labute approximate surface area is 194 Å². The van der Waals surface area contributed by atoms with Gasteiger partial charge in [0.25, 0.3) is 0 Å². The molecule has 0 spiro atoms. The van der Waals surface area contributed by atoms with Gasteiger partial charge in [0.2, 0.25) is 5.91 Å². The zero-order chi connectivity index (χ0) is 25.0. The van der Waals surface area contributed by atoms with E-state index in [0.29, 0.717) is 24.9 Å². The van der Waals surface area contributed by atoms with Gasteiger partial charge in [0.05, 0.1) is 5.56 Å². The number of ether oxygens (including phenoxy) is 1. The van der Waals surface area contributed by atoms with Crippen molar-refractivity contribution in [3.63, 3.8) is 0 Å². The molecule has 0 aromatic heterocycles. The van der Waals surface area contributed by atoms with E-state index < -0.39 is 35.7 Å². The molecule has 1 rings (SSSR count). The second kappa shape index (κ2) is 13.4. The SMILES string of the molecule is CC(C)[C@H](NOC(=O)c1ccccc1)C(=O)NCCCC[C@H](NC(=O)OC(C)(C)C)C(=O)O. The molecule has 4 N–H and O–H groups in total. The molecule has 0 heterocycles. The van der Waals surface area contributed by atoms with Gasteiger partial charge in [-0.1, -0.05) is 32.0 Å². The van der Waals surface area contributed by atoms with Gasteiger partial charge in [-0.15, -0.1) is 5.48 Å². The Hall–Kier alpha value is -3.14. The van der Waals surface area contributed by atoms with Crippen LogP contribution in [0.5, 0.6) is 0 Å². The summed E-state index contributed by atoms with van der Waals surface area (Å²) in [5, 5.41) is 14.4. The van der Waals surface area contributed by atoms with Crippen molar-refractivity contribution in [3.05, 3.63) is 35.9 Å². The van der Waals surface area contributed by atoms with Gasteiger partial charge in [-0.2, -0.15) is 0 Å². The van der Waals surface area contributed by atoms with Crippen molar-refractivity contribution >= 4 is 23.9 Å². The smallest absolute Gasteiger partial charge is 0.408 e. The third-order valence-corrected chi connectivity index (χ3v) is 4.45. The highest BCUT2D eigenvalue weighted by Crippen LogP contribution is 2.09. The van der Waals surface area contributed by atoms with E-state index in [9.17, 15) is 24.3 Å².